The molecule has 5 rings (SSSR count). The number of nitrogens with one attached hydrogen (secondary N) is 1. The summed E-state index contributed by atoms with van der Waals surface area (Å²) in [6.07, 6.45) is 3.03. The lowest BCUT2D eigenvalue weighted by molar-refractivity contribution is 0.352. The number of rotatable bonds is 5. The van der Waals surface area contributed by atoms with Gasteiger partial charge >= 0.3 is 0 Å². The van der Waals surface area contributed by atoms with Crippen LogP contribution in [-0.2, 0) is 10.0 Å². The van der Waals surface area contributed by atoms with E-state index in [1.165, 1.54) is 17.4 Å². The van der Waals surface area contributed by atoms with Crippen molar-refractivity contribution in [3.05, 3.63) is 61.1 Å². The van der Waals surface area contributed by atoms with Crippen LogP contribution in [0.1, 0.15) is 13.8 Å². The molecule has 4 heterocycles. The minimum absolute atomic E-state index is 0.102. The van der Waals surface area contributed by atoms with Crippen LogP contribution in [0.25, 0.3) is 22.3 Å². The van der Waals surface area contributed by atoms with Gasteiger partial charge in [0.2, 0.25) is 5.88 Å². The number of benzene rings is 1. The maximum Gasteiger partial charge on any atom is 0.269 e. The normalized spacial score (nSPS) is 16.0. The first-order valence-electron chi connectivity index (χ1n) is 11.0. The zero-order valence-corrected chi connectivity index (χ0v) is 20.1. The number of aromatic nitrogens is 4. The van der Waals surface area contributed by atoms with Crippen LogP contribution in [-0.4, -0.2) is 59.6 Å². The number of methoxy groups -OCH3 is 1. The minimum Gasteiger partial charge on any atom is -0.481 e. The van der Waals surface area contributed by atoms with Gasteiger partial charge in [-0.15, -0.1) is 0 Å². The van der Waals surface area contributed by atoms with E-state index < -0.39 is 10.0 Å². The van der Waals surface area contributed by atoms with E-state index in [0.29, 0.717) is 34.0 Å². The number of nitrogens with zero attached hydrogens (tertiary/aromatic N) is 5. The van der Waals surface area contributed by atoms with Crippen LogP contribution in [0, 0.1) is 0 Å². The third-order valence-electron chi connectivity index (χ3n) is 5.93. The summed E-state index contributed by atoms with van der Waals surface area (Å²) in [4.78, 5) is 15.5. The highest BCUT2D eigenvalue weighted by Gasteiger charge is 2.31. The molecule has 34 heavy (non-hydrogen) atoms. The summed E-state index contributed by atoms with van der Waals surface area (Å²) in [6, 6.07) is 13.7. The number of hydrogen-bond acceptors (Lipinski definition) is 8. The second-order valence-electron chi connectivity index (χ2n) is 8.87. The molecule has 1 saturated heterocycles. The third kappa shape index (κ3) is 3.88. The van der Waals surface area contributed by atoms with Gasteiger partial charge in [0.1, 0.15) is 12.1 Å². The van der Waals surface area contributed by atoms with Gasteiger partial charge < -0.3 is 15.0 Å². The molecule has 0 atom stereocenters. The lowest BCUT2D eigenvalue weighted by atomic mass is 10.0. The first-order valence-corrected chi connectivity index (χ1v) is 12.4. The van der Waals surface area contributed by atoms with Gasteiger partial charge in [-0.05, 0) is 38.1 Å². The van der Waals surface area contributed by atoms with Crippen molar-refractivity contribution in [3.63, 3.8) is 0 Å². The molecule has 0 bridgehead atoms. The van der Waals surface area contributed by atoms with E-state index in [4.69, 9.17) is 4.74 Å². The second kappa shape index (κ2) is 8.37. The predicted octanol–water partition coefficient (Wildman–Crippen LogP) is 2.93. The molecular weight excluding hydrogens is 452 g/mol. The first kappa shape index (κ1) is 22.3. The zero-order chi connectivity index (χ0) is 23.9. The van der Waals surface area contributed by atoms with Crippen LogP contribution in [0.4, 0.5) is 5.82 Å². The molecule has 176 valence electrons. The predicted molar refractivity (Wildman–Crippen MR) is 131 cm³/mol. The molecule has 3 aromatic heterocycles. The Morgan fingerprint density at radius 2 is 1.85 bits per heavy atom. The molecular formula is C24H26N6O3S. The zero-order valence-electron chi connectivity index (χ0n) is 19.3. The Morgan fingerprint density at radius 3 is 2.59 bits per heavy atom. The molecule has 1 aliphatic heterocycles. The summed E-state index contributed by atoms with van der Waals surface area (Å²) in [5.74, 6) is 1.10. The van der Waals surface area contributed by atoms with Crippen molar-refractivity contribution in [1.82, 2.24) is 24.2 Å². The molecule has 0 radical (unpaired) electrons. The van der Waals surface area contributed by atoms with Crippen molar-refractivity contribution in [2.75, 3.05) is 31.6 Å². The number of ether oxygens (including phenoxy) is 1. The molecule has 1 fully saturated rings. The highest BCUT2D eigenvalue weighted by molar-refractivity contribution is 7.90. The molecule has 0 spiro atoms. The van der Waals surface area contributed by atoms with Gasteiger partial charge in [0.15, 0.2) is 5.65 Å². The lowest BCUT2D eigenvalue weighted by Gasteiger charge is -2.39. The largest absolute Gasteiger partial charge is 0.481 e. The van der Waals surface area contributed by atoms with Gasteiger partial charge in [0.05, 0.1) is 23.1 Å². The summed E-state index contributed by atoms with van der Waals surface area (Å²) in [6.45, 7) is 6.56. The first-order chi connectivity index (χ1) is 16.3. The number of fused-ring (bicyclic) bond motifs is 1. The minimum atomic E-state index is -3.96. The SMILES string of the molecule is COc1cc(-c2cc3c(N4CCNC(C)(C)C4)ncnc3n2S(=O)(=O)c2ccccc2)ccn1. The van der Waals surface area contributed by atoms with Gasteiger partial charge in [-0.25, -0.2) is 27.3 Å². The van der Waals surface area contributed by atoms with E-state index in [1.807, 2.05) is 6.07 Å². The van der Waals surface area contributed by atoms with Crippen LogP contribution in [0.5, 0.6) is 5.88 Å². The molecule has 0 amide bonds. The van der Waals surface area contributed by atoms with E-state index in [0.717, 1.165) is 19.6 Å². The number of piperazine rings is 1. The van der Waals surface area contributed by atoms with Gasteiger partial charge in [0.25, 0.3) is 10.0 Å². The molecule has 0 unspecified atom stereocenters. The molecule has 1 aromatic carbocycles. The Bertz CT molecular complexity index is 1450. The smallest absolute Gasteiger partial charge is 0.269 e. The van der Waals surface area contributed by atoms with Crippen molar-refractivity contribution in [1.29, 1.82) is 0 Å². The fourth-order valence-corrected chi connectivity index (χ4v) is 5.88. The summed E-state index contributed by atoms with van der Waals surface area (Å²) >= 11 is 0. The highest BCUT2D eigenvalue weighted by Crippen LogP contribution is 2.36. The molecule has 1 aliphatic rings. The summed E-state index contributed by atoms with van der Waals surface area (Å²) in [5, 5.41) is 4.17. The Hall–Kier alpha value is -3.50. The molecule has 0 aliphatic carbocycles. The van der Waals surface area contributed by atoms with Crippen molar-refractivity contribution >= 4 is 26.9 Å². The maximum absolute atomic E-state index is 13.9. The third-order valence-corrected chi connectivity index (χ3v) is 7.64. The number of anilines is 1. The van der Waals surface area contributed by atoms with E-state index in [2.05, 4.69) is 39.0 Å². The van der Waals surface area contributed by atoms with E-state index >= 15 is 0 Å². The van der Waals surface area contributed by atoms with Crippen LogP contribution in [0.15, 0.2) is 66.0 Å². The molecule has 9 nitrogen and oxygen atoms in total. The Kier molecular flexibility index (Phi) is 5.49. The highest BCUT2D eigenvalue weighted by atomic mass is 32.2. The number of hydrogen-bond donors (Lipinski definition) is 1. The fourth-order valence-electron chi connectivity index (χ4n) is 4.37. The van der Waals surface area contributed by atoms with Gasteiger partial charge in [-0.1, -0.05) is 18.2 Å². The van der Waals surface area contributed by atoms with E-state index in [9.17, 15) is 8.42 Å². The van der Waals surface area contributed by atoms with Crippen molar-refractivity contribution in [2.24, 2.45) is 0 Å². The van der Waals surface area contributed by atoms with E-state index in [1.54, 1.807) is 48.7 Å². The standard InChI is InChI=1S/C24H26N6O3S/c1-24(2)15-29(12-11-28-24)22-19-14-20(17-9-10-25-21(13-17)33-3)30(23(19)27-16-26-22)34(31,32)18-7-5-4-6-8-18/h4-10,13-14,16,28H,11-12,15H2,1-3H3. The van der Waals surface area contributed by atoms with Crippen molar-refractivity contribution in [2.45, 2.75) is 24.3 Å². The monoisotopic (exact) mass is 478 g/mol. The second-order valence-corrected chi connectivity index (χ2v) is 10.7. The summed E-state index contributed by atoms with van der Waals surface area (Å²) in [7, 11) is -2.43. The van der Waals surface area contributed by atoms with Gasteiger partial charge in [-0.3, -0.25) is 0 Å². The Balaban J connectivity index is 1.78. The van der Waals surface area contributed by atoms with Crippen molar-refractivity contribution < 1.29 is 13.2 Å². The number of pyridine rings is 1. The quantitative estimate of drug-likeness (QED) is 0.467. The average Bonchev–Trinajstić information content (AvgIpc) is 3.25. The average molecular weight is 479 g/mol. The van der Waals surface area contributed by atoms with Crippen LogP contribution in [0.3, 0.4) is 0 Å². The molecule has 1 N–H and O–H groups in total. The molecule has 4 aromatic rings. The van der Waals surface area contributed by atoms with Crippen LogP contribution >= 0.6 is 0 Å². The summed E-state index contributed by atoms with van der Waals surface area (Å²) < 4.78 is 34.3. The van der Waals surface area contributed by atoms with Gasteiger partial charge in [-0.2, -0.15) is 0 Å². The maximum atomic E-state index is 13.9. The van der Waals surface area contributed by atoms with E-state index in [-0.39, 0.29) is 10.4 Å². The van der Waals surface area contributed by atoms with Crippen molar-refractivity contribution in [3.8, 4) is 17.1 Å². The van der Waals surface area contributed by atoms with Crippen LogP contribution < -0.4 is 15.0 Å². The Labute approximate surface area is 198 Å². The molecule has 10 heteroatoms. The van der Waals surface area contributed by atoms with Crippen LogP contribution in [0.2, 0.25) is 0 Å². The molecule has 0 saturated carbocycles. The topological polar surface area (TPSA) is 102 Å². The van der Waals surface area contributed by atoms with Gasteiger partial charge in [0, 0.05) is 43.0 Å². The Morgan fingerprint density at radius 1 is 1.06 bits per heavy atom. The summed E-state index contributed by atoms with van der Waals surface area (Å²) in [5.41, 5.74) is 1.35. The lowest BCUT2D eigenvalue weighted by Crippen LogP contribution is -2.57. The fraction of sp³-hybridized carbons (Fsp3) is 0.292.